The van der Waals surface area contributed by atoms with Crippen LogP contribution in [0.2, 0.25) is 0 Å². The molecule has 1 spiro atoms. The van der Waals surface area contributed by atoms with Crippen LogP contribution in [0.1, 0.15) is 57.4 Å². The van der Waals surface area contributed by atoms with Gasteiger partial charge in [-0.05, 0) is 98.0 Å². The Hall–Kier alpha value is -6.12. The molecule has 7 aromatic carbocycles. The van der Waals surface area contributed by atoms with Gasteiger partial charge in [0, 0.05) is 17.0 Å². The zero-order chi connectivity index (χ0) is 33.4. The van der Waals surface area contributed by atoms with Gasteiger partial charge in [-0.3, -0.25) is 0 Å². The number of nitrogens with zero attached hydrogens (tertiary/aromatic N) is 1. The van der Waals surface area contributed by atoms with Crippen LogP contribution in [-0.4, -0.2) is 0 Å². The smallest absolute Gasteiger partial charge is 0.131 e. The van der Waals surface area contributed by atoms with Gasteiger partial charge in [0.05, 0.1) is 22.5 Å². The maximum absolute atomic E-state index is 3.92. The second-order valence-corrected chi connectivity index (χ2v) is 14.9. The van der Waals surface area contributed by atoms with Crippen molar-refractivity contribution in [3.63, 3.8) is 0 Å². The molecule has 0 saturated heterocycles. The summed E-state index contributed by atoms with van der Waals surface area (Å²) in [5.74, 6) is 0.348. The van der Waals surface area contributed by atoms with E-state index in [9.17, 15) is 0 Å². The number of aryl methyl sites for hydroxylation is 1. The third-order valence-electron chi connectivity index (χ3n) is 12.5. The fourth-order valence-electron chi connectivity index (χ4n) is 10.4. The van der Waals surface area contributed by atoms with Crippen molar-refractivity contribution in [3.05, 3.63) is 202 Å². The highest BCUT2D eigenvalue weighted by atomic mass is 15.3. The van der Waals surface area contributed by atoms with Crippen molar-refractivity contribution in [3.8, 4) is 22.3 Å². The maximum Gasteiger partial charge on any atom is 0.131 e. The molecule has 0 saturated carbocycles. The molecule has 2 heterocycles. The summed E-state index contributed by atoms with van der Waals surface area (Å²) in [5.41, 5.74) is 21.3. The molecule has 1 N–H and O–H groups in total. The van der Waals surface area contributed by atoms with E-state index in [1.165, 1.54) is 100 Å². The number of hydrogen-bond donors (Lipinski definition) is 1. The van der Waals surface area contributed by atoms with E-state index in [1.54, 1.807) is 0 Å². The van der Waals surface area contributed by atoms with Gasteiger partial charge < -0.3 is 10.2 Å². The first-order valence-electron chi connectivity index (χ1n) is 18.2. The highest BCUT2D eigenvalue weighted by Crippen LogP contribution is 2.66. The Morgan fingerprint density at radius 1 is 0.627 bits per heavy atom. The summed E-state index contributed by atoms with van der Waals surface area (Å²) < 4.78 is 0. The number of nitrogens with one attached hydrogen (secondary N) is 1. The molecule has 2 unspecified atom stereocenters. The van der Waals surface area contributed by atoms with Gasteiger partial charge >= 0.3 is 0 Å². The van der Waals surface area contributed by atoms with Crippen molar-refractivity contribution in [2.75, 3.05) is 10.2 Å². The second-order valence-electron chi connectivity index (χ2n) is 14.9. The Bertz CT molecular complexity index is 2700. The molecule has 5 aliphatic rings. The zero-order valence-electron chi connectivity index (χ0n) is 28.3. The fourth-order valence-corrected chi connectivity index (χ4v) is 10.4. The summed E-state index contributed by atoms with van der Waals surface area (Å²) >= 11 is 0. The molecule has 2 heteroatoms. The number of allylic oxidation sites excluding steroid dienone is 4. The number of anilines is 3. The van der Waals surface area contributed by atoms with E-state index in [4.69, 9.17) is 0 Å². The normalized spacial score (nSPS) is 19.1. The van der Waals surface area contributed by atoms with E-state index in [2.05, 4.69) is 175 Å². The minimum absolute atomic E-state index is 0.0247. The quantitative estimate of drug-likeness (QED) is 0.190. The summed E-state index contributed by atoms with van der Waals surface area (Å²) in [5, 5.41) is 6.51. The van der Waals surface area contributed by atoms with Crippen LogP contribution >= 0.6 is 0 Å². The first kappa shape index (κ1) is 27.7. The van der Waals surface area contributed by atoms with Crippen LogP contribution in [0.4, 0.5) is 17.1 Å². The predicted octanol–water partition coefficient (Wildman–Crippen LogP) is 12.2. The minimum Gasteiger partial charge on any atom is -0.359 e. The van der Waals surface area contributed by atoms with Gasteiger partial charge in [0.2, 0.25) is 0 Å². The van der Waals surface area contributed by atoms with E-state index >= 15 is 0 Å². The Balaban J connectivity index is 1.08. The molecular formula is C49H34N2. The van der Waals surface area contributed by atoms with Crippen LogP contribution in [0.3, 0.4) is 0 Å². The van der Waals surface area contributed by atoms with Crippen molar-refractivity contribution in [1.82, 2.24) is 0 Å². The first-order chi connectivity index (χ1) is 25.2. The summed E-state index contributed by atoms with van der Waals surface area (Å²) in [6, 6.07) is 54.9. The lowest BCUT2D eigenvalue weighted by Gasteiger charge is -2.37. The summed E-state index contributed by atoms with van der Waals surface area (Å²) in [4.78, 5) is 2.54. The van der Waals surface area contributed by atoms with E-state index in [0.29, 0.717) is 5.92 Å². The van der Waals surface area contributed by atoms with Crippen LogP contribution in [0.5, 0.6) is 0 Å². The minimum atomic E-state index is -0.296. The lowest BCUT2D eigenvalue weighted by molar-refractivity contribution is 0.709. The number of benzene rings is 7. The van der Waals surface area contributed by atoms with Crippen LogP contribution in [0.25, 0.3) is 38.6 Å². The standard InChI is InChI=1S/C49H34N2/c1-29-18-22-36-37-23-20-31(27-43(37)49(42(36)26-29)40-14-6-4-12-34(40)35-13-5-7-15-41(35)49)32-21-24-38-39-25-19-30-10-2-3-11-33(30)47(39)48-50-44-16-8-9-17-45(44)51(48)46(38)28-32/h2-22,24-28,37,48,50H,23H2,1H3. The summed E-state index contributed by atoms with van der Waals surface area (Å²) in [7, 11) is 0. The third kappa shape index (κ3) is 3.43. The van der Waals surface area contributed by atoms with E-state index in [0.717, 1.165) is 6.42 Å². The van der Waals surface area contributed by atoms with Crippen molar-refractivity contribution in [2.45, 2.75) is 30.8 Å². The Morgan fingerprint density at radius 2 is 1.37 bits per heavy atom. The van der Waals surface area contributed by atoms with Gasteiger partial charge in [-0.15, -0.1) is 0 Å². The average molecular weight is 651 g/mol. The van der Waals surface area contributed by atoms with Crippen molar-refractivity contribution >= 4 is 33.4 Å². The Morgan fingerprint density at radius 3 is 2.24 bits per heavy atom. The van der Waals surface area contributed by atoms with Crippen molar-refractivity contribution in [1.29, 1.82) is 0 Å². The molecule has 3 aliphatic carbocycles. The fraction of sp³-hybridized carbons (Fsp3) is 0.102. The second kappa shape index (κ2) is 9.77. The SMILES string of the molecule is Cc1ccc2c(c1)C1(C3=CC(c4ccc5c(c4)N4c6ccccc6NC4c4c-5ccc5ccccc45)=CCC32)c2ccccc2-c2ccccc21. The molecule has 7 aromatic rings. The molecule has 240 valence electrons. The average Bonchev–Trinajstić information content (AvgIpc) is 3.81. The lowest BCUT2D eigenvalue weighted by atomic mass is 9.68. The van der Waals surface area contributed by atoms with Gasteiger partial charge in [-0.2, -0.15) is 0 Å². The molecule has 0 radical (unpaired) electrons. The van der Waals surface area contributed by atoms with E-state index in [1.807, 2.05) is 0 Å². The number of rotatable bonds is 1. The van der Waals surface area contributed by atoms with Gasteiger partial charge in [-0.25, -0.2) is 0 Å². The topological polar surface area (TPSA) is 15.3 Å². The molecule has 0 bridgehead atoms. The molecule has 51 heavy (non-hydrogen) atoms. The molecule has 12 rings (SSSR count). The third-order valence-corrected chi connectivity index (χ3v) is 12.5. The van der Waals surface area contributed by atoms with Crippen molar-refractivity contribution in [2.24, 2.45) is 0 Å². The lowest BCUT2D eigenvalue weighted by Crippen LogP contribution is -2.28. The molecule has 0 amide bonds. The Kier molecular flexibility index (Phi) is 5.30. The van der Waals surface area contributed by atoms with E-state index in [-0.39, 0.29) is 11.6 Å². The van der Waals surface area contributed by atoms with Crippen LogP contribution < -0.4 is 10.2 Å². The number of para-hydroxylation sites is 2. The van der Waals surface area contributed by atoms with Gasteiger partial charge in [0.25, 0.3) is 0 Å². The molecule has 0 fully saturated rings. The molecule has 2 atom stereocenters. The zero-order valence-corrected chi connectivity index (χ0v) is 28.3. The molecule has 0 aromatic heterocycles. The van der Waals surface area contributed by atoms with Crippen LogP contribution in [-0.2, 0) is 5.41 Å². The molecule has 2 aliphatic heterocycles. The predicted molar refractivity (Wildman–Crippen MR) is 211 cm³/mol. The molecule has 2 nitrogen and oxygen atoms in total. The van der Waals surface area contributed by atoms with Crippen molar-refractivity contribution < 1.29 is 0 Å². The number of hydrogen-bond acceptors (Lipinski definition) is 2. The number of fused-ring (bicyclic) bond motifs is 20. The summed E-state index contributed by atoms with van der Waals surface area (Å²) in [6.45, 7) is 2.24. The highest BCUT2D eigenvalue weighted by molar-refractivity contribution is 6.03. The monoisotopic (exact) mass is 650 g/mol. The van der Waals surface area contributed by atoms with E-state index < -0.39 is 0 Å². The highest BCUT2D eigenvalue weighted by Gasteiger charge is 2.55. The van der Waals surface area contributed by atoms with Gasteiger partial charge in [-0.1, -0.05) is 145 Å². The van der Waals surface area contributed by atoms with Gasteiger partial charge in [0.15, 0.2) is 0 Å². The van der Waals surface area contributed by atoms with Crippen LogP contribution in [0, 0.1) is 6.92 Å². The summed E-state index contributed by atoms with van der Waals surface area (Å²) in [6.07, 6.45) is 6.09. The van der Waals surface area contributed by atoms with Gasteiger partial charge in [0.1, 0.15) is 6.17 Å². The molecular weight excluding hydrogens is 617 g/mol. The first-order valence-corrected chi connectivity index (χ1v) is 18.2. The Labute approximate surface area is 298 Å². The largest absolute Gasteiger partial charge is 0.359 e. The maximum atomic E-state index is 3.92. The van der Waals surface area contributed by atoms with Crippen LogP contribution in [0.15, 0.2) is 163 Å².